The molecule has 0 aromatic carbocycles. The van der Waals surface area contributed by atoms with Crippen molar-refractivity contribution in [2.75, 3.05) is 19.8 Å². The molecule has 0 fully saturated rings. The third kappa shape index (κ3) is 4.25. The van der Waals surface area contributed by atoms with Gasteiger partial charge in [0.05, 0.1) is 12.7 Å². The van der Waals surface area contributed by atoms with Gasteiger partial charge in [0.15, 0.2) is 0 Å². The van der Waals surface area contributed by atoms with Gasteiger partial charge in [-0.25, -0.2) is 0 Å². The number of carbonyl (C=O) groups is 1. The van der Waals surface area contributed by atoms with Crippen LogP contribution in [0.4, 0.5) is 0 Å². The van der Waals surface area contributed by atoms with Crippen LogP contribution in [-0.4, -0.2) is 47.1 Å². The van der Waals surface area contributed by atoms with E-state index in [9.17, 15) is 4.79 Å². The highest BCUT2D eigenvalue weighted by atomic mass is 16.3. The summed E-state index contributed by atoms with van der Waals surface area (Å²) in [6.45, 7) is -1.03. The minimum atomic E-state index is -0.949. The topological polar surface area (TPSA) is 89.8 Å². The summed E-state index contributed by atoms with van der Waals surface area (Å²) in [7, 11) is 0. The molecular weight excluding hydrogens is 138 g/mol. The van der Waals surface area contributed by atoms with E-state index in [-0.39, 0.29) is 6.54 Å². The third-order valence-electron chi connectivity index (χ3n) is 0.889. The number of aliphatic hydroxyl groups is 3. The molecule has 0 saturated carbocycles. The zero-order valence-electron chi connectivity index (χ0n) is 5.45. The van der Waals surface area contributed by atoms with Crippen LogP contribution in [0.3, 0.4) is 0 Å². The lowest BCUT2D eigenvalue weighted by Gasteiger charge is -2.06. The van der Waals surface area contributed by atoms with Gasteiger partial charge in [0, 0.05) is 6.54 Å². The summed E-state index contributed by atoms with van der Waals surface area (Å²) in [6.07, 6.45) is -0.949. The van der Waals surface area contributed by atoms with Crippen LogP contribution in [-0.2, 0) is 4.79 Å². The summed E-state index contributed by atoms with van der Waals surface area (Å²) >= 11 is 0. The molecular formula is C5H11NO4. The molecule has 0 heterocycles. The van der Waals surface area contributed by atoms with Gasteiger partial charge in [-0.05, 0) is 0 Å². The van der Waals surface area contributed by atoms with Gasteiger partial charge in [0.25, 0.3) is 0 Å². The van der Waals surface area contributed by atoms with Gasteiger partial charge in [-0.3, -0.25) is 4.79 Å². The van der Waals surface area contributed by atoms with E-state index < -0.39 is 25.2 Å². The number of rotatable bonds is 4. The fraction of sp³-hybridized carbons (Fsp3) is 0.800. The smallest absolute Gasteiger partial charge is 0.245 e. The molecule has 0 spiro atoms. The van der Waals surface area contributed by atoms with Gasteiger partial charge in [0.2, 0.25) is 5.91 Å². The average Bonchev–Trinajstić information content (AvgIpc) is 1.99. The number of carbonyl (C=O) groups excluding carboxylic acids is 1. The summed E-state index contributed by atoms with van der Waals surface area (Å²) in [6, 6.07) is 0. The van der Waals surface area contributed by atoms with Gasteiger partial charge in [0.1, 0.15) is 6.61 Å². The molecule has 1 amide bonds. The molecule has 60 valence electrons. The maximum atomic E-state index is 10.3. The number of amides is 1. The molecule has 10 heavy (non-hydrogen) atoms. The molecule has 0 bridgehead atoms. The second kappa shape index (κ2) is 5.16. The molecule has 0 radical (unpaired) electrons. The quantitative estimate of drug-likeness (QED) is 0.354. The Balaban J connectivity index is 3.26. The molecule has 0 aromatic heterocycles. The van der Waals surface area contributed by atoms with Crippen LogP contribution < -0.4 is 5.32 Å². The molecule has 5 nitrogen and oxygen atoms in total. The minimum Gasteiger partial charge on any atom is -0.394 e. The van der Waals surface area contributed by atoms with E-state index in [1.807, 2.05) is 0 Å². The lowest BCUT2D eigenvalue weighted by molar-refractivity contribution is -0.124. The van der Waals surface area contributed by atoms with Crippen molar-refractivity contribution >= 4 is 5.91 Å². The molecule has 4 N–H and O–H groups in total. The van der Waals surface area contributed by atoms with Gasteiger partial charge in [-0.2, -0.15) is 0 Å². The zero-order valence-corrected chi connectivity index (χ0v) is 5.45. The second-order valence-electron chi connectivity index (χ2n) is 1.80. The highest BCUT2D eigenvalue weighted by Crippen LogP contribution is 1.75. The monoisotopic (exact) mass is 149 g/mol. The van der Waals surface area contributed by atoms with Crippen molar-refractivity contribution in [3.8, 4) is 0 Å². The number of aliphatic hydroxyl groups excluding tert-OH is 3. The number of nitrogens with one attached hydrogen (secondary N) is 1. The highest BCUT2D eigenvalue weighted by Gasteiger charge is 2.02. The third-order valence-corrected chi connectivity index (χ3v) is 0.889. The highest BCUT2D eigenvalue weighted by molar-refractivity contribution is 5.76. The van der Waals surface area contributed by atoms with Crippen molar-refractivity contribution in [2.24, 2.45) is 0 Å². The summed E-state index contributed by atoms with van der Waals surface area (Å²) < 4.78 is 0. The molecule has 1 atom stereocenters. The van der Waals surface area contributed by atoms with Crippen LogP contribution in [0.2, 0.25) is 0 Å². The van der Waals surface area contributed by atoms with Crippen molar-refractivity contribution < 1.29 is 20.1 Å². The Hall–Kier alpha value is -0.650. The van der Waals surface area contributed by atoms with Crippen molar-refractivity contribution in [3.05, 3.63) is 0 Å². The van der Waals surface area contributed by atoms with Crippen LogP contribution >= 0.6 is 0 Å². The van der Waals surface area contributed by atoms with Crippen LogP contribution in [0.5, 0.6) is 0 Å². The fourth-order valence-corrected chi connectivity index (χ4v) is 0.352. The molecule has 0 aromatic rings. The lowest BCUT2D eigenvalue weighted by Crippen LogP contribution is -2.35. The Kier molecular flexibility index (Phi) is 4.82. The molecule has 0 aliphatic rings. The van der Waals surface area contributed by atoms with Crippen molar-refractivity contribution in [3.63, 3.8) is 0 Å². The summed E-state index contributed by atoms with van der Waals surface area (Å²) in [4.78, 5) is 10.3. The Bertz CT molecular complexity index is 106. The molecule has 0 saturated heterocycles. The van der Waals surface area contributed by atoms with E-state index in [0.717, 1.165) is 0 Å². The Morgan fingerprint density at radius 1 is 1.50 bits per heavy atom. The van der Waals surface area contributed by atoms with Gasteiger partial charge >= 0.3 is 0 Å². The normalized spacial score (nSPS) is 12.7. The average molecular weight is 149 g/mol. The predicted molar refractivity (Wildman–Crippen MR) is 33.2 cm³/mol. The van der Waals surface area contributed by atoms with Gasteiger partial charge < -0.3 is 20.6 Å². The standard InChI is InChI=1S/C5H11NO4/c7-2-4(9)1-6-5(10)3-8/h4,7-9H,1-3H2,(H,6,10). The van der Waals surface area contributed by atoms with Gasteiger partial charge in [-0.1, -0.05) is 0 Å². The first-order valence-electron chi connectivity index (χ1n) is 2.87. The largest absolute Gasteiger partial charge is 0.394 e. The van der Waals surface area contributed by atoms with E-state index in [1.165, 1.54) is 0 Å². The first kappa shape index (κ1) is 9.35. The molecule has 1 unspecified atom stereocenters. The van der Waals surface area contributed by atoms with Crippen molar-refractivity contribution in [2.45, 2.75) is 6.10 Å². The first-order valence-corrected chi connectivity index (χ1v) is 2.87. The number of hydrogen-bond acceptors (Lipinski definition) is 4. The summed E-state index contributed by atoms with van der Waals surface area (Å²) in [5.74, 6) is -0.562. The van der Waals surface area contributed by atoms with Crippen LogP contribution in [0.1, 0.15) is 0 Å². The molecule has 0 aliphatic heterocycles. The summed E-state index contributed by atoms with van der Waals surface area (Å²) in [5.41, 5.74) is 0. The van der Waals surface area contributed by atoms with E-state index in [0.29, 0.717) is 0 Å². The minimum absolute atomic E-state index is 0.0319. The Labute approximate surface area is 58.3 Å². The van der Waals surface area contributed by atoms with E-state index in [4.69, 9.17) is 15.3 Å². The SMILES string of the molecule is O=C(CO)NCC(O)CO. The summed E-state index contributed by atoms with van der Waals surface area (Å²) in [5, 5.41) is 27.3. The van der Waals surface area contributed by atoms with E-state index in [1.54, 1.807) is 0 Å². The van der Waals surface area contributed by atoms with Crippen molar-refractivity contribution in [1.82, 2.24) is 5.32 Å². The Morgan fingerprint density at radius 2 is 2.10 bits per heavy atom. The van der Waals surface area contributed by atoms with Crippen molar-refractivity contribution in [1.29, 1.82) is 0 Å². The maximum absolute atomic E-state index is 10.3. The first-order chi connectivity index (χ1) is 4.70. The fourth-order valence-electron chi connectivity index (χ4n) is 0.352. The van der Waals surface area contributed by atoms with E-state index >= 15 is 0 Å². The second-order valence-corrected chi connectivity index (χ2v) is 1.80. The molecule has 5 heteroatoms. The lowest BCUT2D eigenvalue weighted by atomic mass is 10.4. The molecule has 0 rings (SSSR count). The van der Waals surface area contributed by atoms with Crippen LogP contribution in [0, 0.1) is 0 Å². The van der Waals surface area contributed by atoms with Crippen LogP contribution in [0.25, 0.3) is 0 Å². The maximum Gasteiger partial charge on any atom is 0.245 e. The predicted octanol–water partition coefficient (Wildman–Crippen LogP) is -2.55. The molecule has 0 aliphatic carbocycles. The van der Waals surface area contributed by atoms with Gasteiger partial charge in [-0.15, -0.1) is 0 Å². The van der Waals surface area contributed by atoms with Crippen LogP contribution in [0.15, 0.2) is 0 Å². The Morgan fingerprint density at radius 3 is 2.50 bits per heavy atom. The van der Waals surface area contributed by atoms with E-state index in [2.05, 4.69) is 5.32 Å². The number of hydrogen-bond donors (Lipinski definition) is 4. The zero-order chi connectivity index (χ0) is 7.98.